The van der Waals surface area contributed by atoms with Crippen LogP contribution >= 0.6 is 0 Å². The van der Waals surface area contributed by atoms with E-state index in [2.05, 4.69) is 188 Å². The smallest absolute Gasteiger partial charge is 0.164 e. The molecule has 0 unspecified atom stereocenters. The van der Waals surface area contributed by atoms with Crippen LogP contribution in [0, 0.1) is 0 Å². The highest BCUT2D eigenvalue weighted by Crippen LogP contribution is 2.56. The summed E-state index contributed by atoms with van der Waals surface area (Å²) < 4.78 is 0. The zero-order valence-corrected chi connectivity index (χ0v) is 30.0. The summed E-state index contributed by atoms with van der Waals surface area (Å²) in [4.78, 5) is 15.5. The van der Waals surface area contributed by atoms with Crippen LogP contribution in [0.4, 0.5) is 0 Å². The van der Waals surface area contributed by atoms with Crippen LogP contribution in [0.15, 0.2) is 212 Å². The van der Waals surface area contributed by atoms with Crippen LogP contribution in [0.1, 0.15) is 22.3 Å². The number of hydrogen-bond donors (Lipinski definition) is 0. The van der Waals surface area contributed by atoms with Gasteiger partial charge >= 0.3 is 0 Å². The van der Waals surface area contributed by atoms with Crippen molar-refractivity contribution in [3.05, 3.63) is 235 Å². The molecule has 10 rings (SSSR count). The highest BCUT2D eigenvalue weighted by atomic mass is 15.0. The fraction of sp³-hybridized carbons (Fsp3) is 0.0192. The lowest BCUT2D eigenvalue weighted by atomic mass is 9.67. The second-order valence-electron chi connectivity index (χ2n) is 14.0. The molecule has 9 aromatic rings. The summed E-state index contributed by atoms with van der Waals surface area (Å²) in [5.74, 6) is 1.91. The van der Waals surface area contributed by atoms with Gasteiger partial charge in [0.15, 0.2) is 17.5 Å². The van der Waals surface area contributed by atoms with E-state index in [1.807, 2.05) is 24.3 Å². The van der Waals surface area contributed by atoms with E-state index in [0.717, 1.165) is 27.8 Å². The minimum atomic E-state index is -0.521. The molecule has 3 nitrogen and oxygen atoms in total. The Balaban J connectivity index is 1.13. The van der Waals surface area contributed by atoms with E-state index in [1.54, 1.807) is 0 Å². The van der Waals surface area contributed by atoms with Crippen molar-refractivity contribution >= 4 is 0 Å². The first-order chi connectivity index (χ1) is 27.3. The van der Waals surface area contributed by atoms with Gasteiger partial charge in [0.1, 0.15) is 0 Å². The third-order valence-corrected chi connectivity index (χ3v) is 10.8. The van der Waals surface area contributed by atoms with Crippen molar-refractivity contribution in [3.63, 3.8) is 0 Å². The van der Waals surface area contributed by atoms with Gasteiger partial charge in [0.2, 0.25) is 0 Å². The molecule has 1 heterocycles. The first kappa shape index (κ1) is 32.4. The largest absolute Gasteiger partial charge is 0.208 e. The van der Waals surface area contributed by atoms with Crippen molar-refractivity contribution < 1.29 is 0 Å². The van der Waals surface area contributed by atoms with Gasteiger partial charge in [-0.2, -0.15) is 0 Å². The fourth-order valence-corrected chi connectivity index (χ4v) is 8.26. The zero-order valence-electron chi connectivity index (χ0n) is 30.0. The summed E-state index contributed by atoms with van der Waals surface area (Å²) in [7, 11) is 0. The summed E-state index contributed by atoms with van der Waals surface area (Å²) in [5.41, 5.74) is 14.3. The van der Waals surface area contributed by atoms with Crippen LogP contribution in [-0.2, 0) is 5.41 Å². The van der Waals surface area contributed by atoms with Gasteiger partial charge in [0.05, 0.1) is 5.41 Å². The van der Waals surface area contributed by atoms with Crippen molar-refractivity contribution in [2.75, 3.05) is 0 Å². The summed E-state index contributed by atoms with van der Waals surface area (Å²) in [6.45, 7) is 0. The molecule has 0 N–H and O–H groups in total. The van der Waals surface area contributed by atoms with Gasteiger partial charge in [-0.3, -0.25) is 0 Å². The molecule has 0 fully saturated rings. The Morgan fingerprint density at radius 3 is 1.27 bits per heavy atom. The molecule has 3 heteroatoms. The monoisotopic (exact) mass is 701 g/mol. The van der Waals surface area contributed by atoms with E-state index < -0.39 is 5.41 Å². The van der Waals surface area contributed by atoms with E-state index in [4.69, 9.17) is 15.0 Å². The Morgan fingerprint density at radius 2 is 0.655 bits per heavy atom. The van der Waals surface area contributed by atoms with Gasteiger partial charge in [0.25, 0.3) is 0 Å². The maximum Gasteiger partial charge on any atom is 0.164 e. The number of hydrogen-bond acceptors (Lipinski definition) is 3. The highest BCUT2D eigenvalue weighted by Gasteiger charge is 2.46. The predicted octanol–water partition coefficient (Wildman–Crippen LogP) is 12.6. The summed E-state index contributed by atoms with van der Waals surface area (Å²) in [6, 6.07) is 75.2. The Hall–Kier alpha value is -7.23. The van der Waals surface area contributed by atoms with E-state index in [0.29, 0.717) is 17.5 Å². The van der Waals surface area contributed by atoms with Crippen LogP contribution in [0.2, 0.25) is 0 Å². The molecule has 55 heavy (non-hydrogen) atoms. The number of benzene rings is 8. The predicted molar refractivity (Wildman–Crippen MR) is 224 cm³/mol. The fourth-order valence-electron chi connectivity index (χ4n) is 8.26. The number of fused-ring (bicyclic) bond motifs is 3. The maximum atomic E-state index is 5.23. The first-order valence-corrected chi connectivity index (χ1v) is 18.7. The molecule has 0 saturated carbocycles. The molecule has 0 radical (unpaired) electrons. The molecule has 1 aromatic heterocycles. The van der Waals surface area contributed by atoms with E-state index in [1.165, 1.54) is 44.5 Å². The lowest BCUT2D eigenvalue weighted by molar-refractivity contribution is 0.768. The van der Waals surface area contributed by atoms with Crippen molar-refractivity contribution in [1.29, 1.82) is 0 Å². The number of rotatable bonds is 7. The Bertz CT molecular complexity index is 2740. The van der Waals surface area contributed by atoms with Gasteiger partial charge in [-0.15, -0.1) is 0 Å². The SMILES string of the molecule is c1ccc(-c2ccc(-c3cccc(-c4nc(-c5ccccc5)nc(-c5ccc6c(c5)C(c5ccccc5)(c5ccccc5)c5ccccc5-6)n4)c3)cc2)cc1. The van der Waals surface area contributed by atoms with Gasteiger partial charge < -0.3 is 0 Å². The van der Waals surface area contributed by atoms with Crippen LogP contribution in [0.5, 0.6) is 0 Å². The zero-order chi connectivity index (χ0) is 36.6. The summed E-state index contributed by atoms with van der Waals surface area (Å²) in [5, 5.41) is 0. The van der Waals surface area contributed by atoms with Crippen LogP contribution in [0.25, 0.3) is 67.5 Å². The van der Waals surface area contributed by atoms with Gasteiger partial charge in [0, 0.05) is 16.7 Å². The highest BCUT2D eigenvalue weighted by molar-refractivity contribution is 5.88. The summed E-state index contributed by atoms with van der Waals surface area (Å²) in [6.07, 6.45) is 0. The van der Waals surface area contributed by atoms with Crippen molar-refractivity contribution in [3.8, 4) is 67.5 Å². The van der Waals surface area contributed by atoms with Crippen LogP contribution in [0.3, 0.4) is 0 Å². The minimum absolute atomic E-state index is 0.521. The third kappa shape index (κ3) is 5.65. The normalized spacial score (nSPS) is 12.5. The molecule has 258 valence electrons. The first-order valence-electron chi connectivity index (χ1n) is 18.7. The minimum Gasteiger partial charge on any atom is -0.208 e. The van der Waals surface area contributed by atoms with Crippen LogP contribution < -0.4 is 0 Å². The second-order valence-corrected chi connectivity index (χ2v) is 14.0. The van der Waals surface area contributed by atoms with E-state index in [-0.39, 0.29) is 0 Å². The third-order valence-electron chi connectivity index (χ3n) is 10.8. The topological polar surface area (TPSA) is 38.7 Å². The van der Waals surface area contributed by atoms with Crippen molar-refractivity contribution in [2.45, 2.75) is 5.41 Å². The standard InChI is InChI=1S/C52H35N3/c1-5-16-36(17-6-1)37-28-30-38(31-29-37)40-20-15-21-41(34-40)50-53-49(39-18-7-2-8-19-39)54-51(55-50)42-32-33-46-45-26-13-14-27-47(45)52(48(46)35-42,43-22-9-3-10-23-43)44-24-11-4-12-25-44/h1-35H. The average molecular weight is 702 g/mol. The van der Waals surface area contributed by atoms with E-state index >= 15 is 0 Å². The average Bonchev–Trinajstić information content (AvgIpc) is 3.58. The molecule has 0 atom stereocenters. The molecular formula is C52H35N3. The van der Waals surface area contributed by atoms with E-state index in [9.17, 15) is 0 Å². The lowest BCUT2D eigenvalue weighted by Crippen LogP contribution is -2.28. The molecule has 1 aliphatic rings. The maximum absolute atomic E-state index is 5.23. The lowest BCUT2D eigenvalue weighted by Gasteiger charge is -2.34. The van der Waals surface area contributed by atoms with Gasteiger partial charge in [-0.05, 0) is 67.8 Å². The van der Waals surface area contributed by atoms with Crippen molar-refractivity contribution in [1.82, 2.24) is 15.0 Å². The Kier molecular flexibility index (Phi) is 8.04. The van der Waals surface area contributed by atoms with Crippen molar-refractivity contribution in [2.24, 2.45) is 0 Å². The molecule has 0 bridgehead atoms. The molecule has 0 saturated heterocycles. The molecule has 0 spiro atoms. The Morgan fingerprint density at radius 1 is 0.255 bits per heavy atom. The Labute approximate surface area is 321 Å². The number of nitrogens with zero attached hydrogens (tertiary/aromatic N) is 3. The molecule has 0 aliphatic heterocycles. The van der Waals surface area contributed by atoms with Crippen LogP contribution in [-0.4, -0.2) is 15.0 Å². The molecule has 8 aromatic carbocycles. The van der Waals surface area contributed by atoms with Gasteiger partial charge in [-0.1, -0.05) is 200 Å². The molecule has 0 amide bonds. The van der Waals surface area contributed by atoms with Gasteiger partial charge in [-0.25, -0.2) is 15.0 Å². The quantitative estimate of drug-likeness (QED) is 0.166. The second kappa shape index (κ2) is 13.6. The molecule has 1 aliphatic carbocycles. The summed E-state index contributed by atoms with van der Waals surface area (Å²) >= 11 is 0. The molecular weight excluding hydrogens is 667 g/mol. The number of aromatic nitrogens is 3.